The van der Waals surface area contributed by atoms with Crippen molar-refractivity contribution < 1.29 is 4.74 Å². The third-order valence-corrected chi connectivity index (χ3v) is 2.65. The van der Waals surface area contributed by atoms with Crippen LogP contribution in [0.3, 0.4) is 0 Å². The van der Waals surface area contributed by atoms with Crippen molar-refractivity contribution in [3.05, 3.63) is 29.3 Å². The Morgan fingerprint density at radius 2 is 2.06 bits per heavy atom. The van der Waals surface area contributed by atoms with Crippen LogP contribution in [0, 0.1) is 13.8 Å². The maximum Gasteiger partial charge on any atom is 0.122 e. The highest BCUT2D eigenvalue weighted by Crippen LogP contribution is 2.20. The minimum Gasteiger partial charge on any atom is -0.492 e. The standard InChI is InChI=1S/C13H22N2O/c1-11-5-3-6-13(12(11)2)16-10-9-15-8-4-7-14/h3,5-6,15H,4,7-10,14H2,1-2H3. The SMILES string of the molecule is Cc1cccc(OCCNCCCN)c1C. The van der Waals surface area contributed by atoms with E-state index < -0.39 is 0 Å². The maximum atomic E-state index is 5.70. The van der Waals surface area contributed by atoms with E-state index in [-0.39, 0.29) is 0 Å². The van der Waals surface area contributed by atoms with Crippen LogP contribution >= 0.6 is 0 Å². The number of nitrogens with two attached hydrogens (primary N) is 1. The van der Waals surface area contributed by atoms with Crippen molar-refractivity contribution in [1.29, 1.82) is 0 Å². The molecule has 0 atom stereocenters. The molecule has 90 valence electrons. The number of hydrogen-bond donors (Lipinski definition) is 2. The molecule has 0 aliphatic heterocycles. The van der Waals surface area contributed by atoms with Gasteiger partial charge in [-0.05, 0) is 50.6 Å². The summed E-state index contributed by atoms with van der Waals surface area (Å²) in [4.78, 5) is 0. The average Bonchev–Trinajstić information content (AvgIpc) is 2.29. The highest BCUT2D eigenvalue weighted by atomic mass is 16.5. The summed E-state index contributed by atoms with van der Waals surface area (Å²) in [6, 6.07) is 6.14. The molecule has 0 amide bonds. The summed E-state index contributed by atoms with van der Waals surface area (Å²) in [5.41, 5.74) is 7.90. The molecule has 0 saturated carbocycles. The fraction of sp³-hybridized carbons (Fsp3) is 0.538. The Morgan fingerprint density at radius 1 is 1.25 bits per heavy atom. The van der Waals surface area contributed by atoms with E-state index in [9.17, 15) is 0 Å². The number of ether oxygens (including phenoxy) is 1. The lowest BCUT2D eigenvalue weighted by Gasteiger charge is -2.11. The molecule has 1 rings (SSSR count). The van der Waals surface area contributed by atoms with Crippen molar-refractivity contribution in [1.82, 2.24) is 5.32 Å². The Bertz CT molecular complexity index is 313. The first-order chi connectivity index (χ1) is 7.75. The molecule has 3 N–H and O–H groups in total. The van der Waals surface area contributed by atoms with Gasteiger partial charge in [0.2, 0.25) is 0 Å². The summed E-state index contributed by atoms with van der Waals surface area (Å²) in [6.07, 6.45) is 1.02. The number of aryl methyl sites for hydroxylation is 1. The van der Waals surface area contributed by atoms with Gasteiger partial charge in [0.15, 0.2) is 0 Å². The van der Waals surface area contributed by atoms with E-state index in [1.165, 1.54) is 11.1 Å². The van der Waals surface area contributed by atoms with Crippen molar-refractivity contribution in [2.24, 2.45) is 5.73 Å². The summed E-state index contributed by atoms with van der Waals surface area (Å²) in [5, 5.41) is 3.29. The monoisotopic (exact) mass is 222 g/mol. The summed E-state index contributed by atoms with van der Waals surface area (Å²) in [5.74, 6) is 0.987. The van der Waals surface area contributed by atoms with Crippen LogP contribution in [0.1, 0.15) is 17.5 Å². The lowest BCUT2D eigenvalue weighted by molar-refractivity contribution is 0.312. The highest BCUT2D eigenvalue weighted by molar-refractivity contribution is 5.38. The molecule has 0 fully saturated rings. The zero-order valence-electron chi connectivity index (χ0n) is 10.3. The zero-order valence-corrected chi connectivity index (χ0v) is 10.3. The van der Waals surface area contributed by atoms with Gasteiger partial charge in [0, 0.05) is 6.54 Å². The van der Waals surface area contributed by atoms with E-state index >= 15 is 0 Å². The molecule has 0 radical (unpaired) electrons. The second kappa shape index (κ2) is 7.25. The molecule has 0 unspecified atom stereocenters. The van der Waals surface area contributed by atoms with Crippen molar-refractivity contribution >= 4 is 0 Å². The predicted molar refractivity (Wildman–Crippen MR) is 68.0 cm³/mol. The molecule has 0 bridgehead atoms. The molecule has 0 aromatic heterocycles. The van der Waals surface area contributed by atoms with Crippen LogP contribution in [-0.2, 0) is 0 Å². The van der Waals surface area contributed by atoms with Crippen LogP contribution < -0.4 is 15.8 Å². The fourth-order valence-electron chi connectivity index (χ4n) is 1.47. The molecule has 0 aliphatic carbocycles. The fourth-order valence-corrected chi connectivity index (χ4v) is 1.47. The number of hydrogen-bond acceptors (Lipinski definition) is 3. The van der Waals surface area contributed by atoms with Gasteiger partial charge in [-0.25, -0.2) is 0 Å². The van der Waals surface area contributed by atoms with Crippen LogP contribution in [0.2, 0.25) is 0 Å². The number of nitrogens with one attached hydrogen (secondary N) is 1. The van der Waals surface area contributed by atoms with Gasteiger partial charge in [-0.15, -0.1) is 0 Å². The molecule has 1 aromatic rings. The van der Waals surface area contributed by atoms with Gasteiger partial charge < -0.3 is 15.8 Å². The van der Waals surface area contributed by atoms with Gasteiger partial charge in [0.05, 0.1) is 0 Å². The number of rotatable bonds is 7. The van der Waals surface area contributed by atoms with E-state index in [1.54, 1.807) is 0 Å². The Morgan fingerprint density at radius 3 is 2.81 bits per heavy atom. The third kappa shape index (κ3) is 4.21. The van der Waals surface area contributed by atoms with Gasteiger partial charge >= 0.3 is 0 Å². The van der Waals surface area contributed by atoms with E-state index in [1.807, 2.05) is 12.1 Å². The normalized spacial score (nSPS) is 10.4. The summed E-state index contributed by atoms with van der Waals surface area (Å²) in [6.45, 7) is 7.47. The van der Waals surface area contributed by atoms with Crippen LogP contribution in [0.5, 0.6) is 5.75 Å². The maximum absolute atomic E-state index is 5.70. The van der Waals surface area contributed by atoms with Gasteiger partial charge in [-0.2, -0.15) is 0 Å². The Hall–Kier alpha value is -1.06. The first-order valence-corrected chi connectivity index (χ1v) is 5.85. The Balaban J connectivity index is 2.24. The second-order valence-electron chi connectivity index (χ2n) is 3.94. The van der Waals surface area contributed by atoms with Crippen LogP contribution in [0.15, 0.2) is 18.2 Å². The summed E-state index contributed by atoms with van der Waals surface area (Å²) in [7, 11) is 0. The minimum absolute atomic E-state index is 0.703. The summed E-state index contributed by atoms with van der Waals surface area (Å²) >= 11 is 0. The molecule has 0 saturated heterocycles. The molecule has 16 heavy (non-hydrogen) atoms. The van der Waals surface area contributed by atoms with E-state index in [4.69, 9.17) is 10.5 Å². The predicted octanol–water partition coefficient (Wildman–Crippen LogP) is 1.62. The molecular formula is C13H22N2O. The van der Waals surface area contributed by atoms with Crippen LogP contribution in [0.4, 0.5) is 0 Å². The van der Waals surface area contributed by atoms with Crippen LogP contribution in [0.25, 0.3) is 0 Å². The first kappa shape index (κ1) is 13.0. The molecule has 0 spiro atoms. The van der Waals surface area contributed by atoms with Crippen LogP contribution in [-0.4, -0.2) is 26.2 Å². The van der Waals surface area contributed by atoms with Gasteiger partial charge in [0.1, 0.15) is 12.4 Å². The van der Waals surface area contributed by atoms with Crippen molar-refractivity contribution in [2.75, 3.05) is 26.2 Å². The van der Waals surface area contributed by atoms with Gasteiger partial charge in [-0.3, -0.25) is 0 Å². The largest absolute Gasteiger partial charge is 0.492 e. The quantitative estimate of drug-likeness (QED) is 0.689. The third-order valence-electron chi connectivity index (χ3n) is 2.65. The molecule has 1 aromatic carbocycles. The van der Waals surface area contributed by atoms with E-state index in [2.05, 4.69) is 25.2 Å². The highest BCUT2D eigenvalue weighted by Gasteiger charge is 2.00. The minimum atomic E-state index is 0.703. The topological polar surface area (TPSA) is 47.3 Å². The van der Waals surface area contributed by atoms with E-state index in [0.717, 1.165) is 31.8 Å². The molecule has 0 aliphatic rings. The van der Waals surface area contributed by atoms with E-state index in [0.29, 0.717) is 6.61 Å². The lowest BCUT2D eigenvalue weighted by Crippen LogP contribution is -2.23. The van der Waals surface area contributed by atoms with Crippen molar-refractivity contribution in [2.45, 2.75) is 20.3 Å². The molecular weight excluding hydrogens is 200 g/mol. The first-order valence-electron chi connectivity index (χ1n) is 5.85. The molecule has 3 nitrogen and oxygen atoms in total. The number of benzene rings is 1. The summed E-state index contributed by atoms with van der Waals surface area (Å²) < 4.78 is 5.70. The van der Waals surface area contributed by atoms with Crippen molar-refractivity contribution in [3.63, 3.8) is 0 Å². The lowest BCUT2D eigenvalue weighted by atomic mass is 10.1. The smallest absolute Gasteiger partial charge is 0.122 e. The average molecular weight is 222 g/mol. The Labute approximate surface area is 98.0 Å². The Kier molecular flexibility index (Phi) is 5.90. The van der Waals surface area contributed by atoms with Gasteiger partial charge in [-0.1, -0.05) is 12.1 Å². The van der Waals surface area contributed by atoms with Crippen molar-refractivity contribution in [3.8, 4) is 5.75 Å². The molecule has 3 heteroatoms. The second-order valence-corrected chi connectivity index (χ2v) is 3.94. The van der Waals surface area contributed by atoms with Gasteiger partial charge in [0.25, 0.3) is 0 Å². The molecule has 0 heterocycles. The zero-order chi connectivity index (χ0) is 11.8.